The molecular formula is C29H42N4O5. The van der Waals surface area contributed by atoms with Gasteiger partial charge in [0.15, 0.2) is 0 Å². The van der Waals surface area contributed by atoms with Gasteiger partial charge in [0, 0.05) is 42.8 Å². The van der Waals surface area contributed by atoms with E-state index in [1.165, 1.54) is 0 Å². The van der Waals surface area contributed by atoms with Crippen molar-refractivity contribution in [3.8, 4) is 11.5 Å². The number of urea groups is 1. The van der Waals surface area contributed by atoms with Crippen LogP contribution in [0.5, 0.6) is 11.5 Å². The van der Waals surface area contributed by atoms with Crippen LogP contribution < -0.4 is 20.1 Å². The zero-order valence-corrected chi connectivity index (χ0v) is 23.4. The monoisotopic (exact) mass is 526 g/mol. The molecule has 1 aliphatic rings. The van der Waals surface area contributed by atoms with Crippen molar-refractivity contribution in [1.29, 1.82) is 0 Å². The molecule has 0 spiro atoms. The van der Waals surface area contributed by atoms with Crippen LogP contribution in [0.4, 0.5) is 10.5 Å². The van der Waals surface area contributed by atoms with Gasteiger partial charge in [0.2, 0.25) is 5.91 Å². The minimum atomic E-state index is -0.317. The highest BCUT2D eigenvalue weighted by atomic mass is 16.5. The van der Waals surface area contributed by atoms with Gasteiger partial charge in [-0.25, -0.2) is 4.79 Å². The molecule has 0 radical (unpaired) electrons. The lowest BCUT2D eigenvalue weighted by molar-refractivity contribution is -0.134. The number of anilines is 1. The number of likely N-dealkylation sites (N-methyl/N-ethyl adjacent to an activating group) is 1. The van der Waals surface area contributed by atoms with Gasteiger partial charge >= 0.3 is 6.03 Å². The van der Waals surface area contributed by atoms with Crippen LogP contribution in [0, 0.1) is 5.92 Å². The lowest BCUT2D eigenvalue weighted by atomic mass is 10.0. The SMILES string of the molecule is COc1ccc(CN(C)C[C@H]2Oc3ccc(NC(=O)NC(C)C)cc3CC(=O)N([C@@H](C)CO)C[C@H]2C)cc1. The van der Waals surface area contributed by atoms with Crippen molar-refractivity contribution in [1.82, 2.24) is 15.1 Å². The maximum absolute atomic E-state index is 13.4. The summed E-state index contributed by atoms with van der Waals surface area (Å²) in [6.07, 6.45) is -0.0957. The number of benzene rings is 2. The van der Waals surface area contributed by atoms with Crippen LogP contribution in [0.1, 0.15) is 38.8 Å². The van der Waals surface area contributed by atoms with Crippen molar-refractivity contribution >= 4 is 17.6 Å². The number of nitrogens with zero attached hydrogens (tertiary/aromatic N) is 2. The Hall–Kier alpha value is -3.30. The van der Waals surface area contributed by atoms with Gasteiger partial charge in [0.05, 0.1) is 26.2 Å². The molecule has 0 aliphatic carbocycles. The number of rotatable bonds is 9. The highest BCUT2D eigenvalue weighted by molar-refractivity contribution is 5.90. The Labute approximate surface area is 226 Å². The second kappa shape index (κ2) is 13.5. The third kappa shape index (κ3) is 8.10. The molecule has 3 rings (SSSR count). The molecule has 38 heavy (non-hydrogen) atoms. The smallest absolute Gasteiger partial charge is 0.319 e. The fraction of sp³-hybridized carbons (Fsp3) is 0.517. The van der Waals surface area contributed by atoms with E-state index in [-0.39, 0.29) is 49.1 Å². The summed E-state index contributed by atoms with van der Waals surface area (Å²) in [5.41, 5.74) is 2.44. The van der Waals surface area contributed by atoms with Crippen LogP contribution in [0.3, 0.4) is 0 Å². The second-order valence-electron chi connectivity index (χ2n) is 10.5. The van der Waals surface area contributed by atoms with E-state index in [4.69, 9.17) is 9.47 Å². The van der Waals surface area contributed by atoms with Gasteiger partial charge in [0.25, 0.3) is 0 Å². The van der Waals surface area contributed by atoms with Crippen LogP contribution in [0.15, 0.2) is 42.5 Å². The number of fused-ring (bicyclic) bond motifs is 1. The summed E-state index contributed by atoms with van der Waals surface area (Å²) in [6, 6.07) is 12.8. The quantitative estimate of drug-likeness (QED) is 0.462. The van der Waals surface area contributed by atoms with Gasteiger partial charge in [0.1, 0.15) is 17.6 Å². The lowest BCUT2D eigenvalue weighted by Crippen LogP contribution is -2.47. The summed E-state index contributed by atoms with van der Waals surface area (Å²) in [5.74, 6) is 1.37. The number of carbonyl (C=O) groups excluding carboxylic acids is 2. The first-order valence-electron chi connectivity index (χ1n) is 13.2. The maximum Gasteiger partial charge on any atom is 0.319 e. The van der Waals surface area contributed by atoms with Crippen molar-refractivity contribution in [2.24, 2.45) is 5.92 Å². The third-order valence-corrected chi connectivity index (χ3v) is 6.70. The molecule has 0 aromatic heterocycles. The van der Waals surface area contributed by atoms with Crippen LogP contribution in [-0.4, -0.2) is 78.9 Å². The highest BCUT2D eigenvalue weighted by Crippen LogP contribution is 2.29. The Bertz CT molecular complexity index is 1080. The number of hydrogen-bond donors (Lipinski definition) is 3. The predicted octanol–water partition coefficient (Wildman–Crippen LogP) is 3.51. The summed E-state index contributed by atoms with van der Waals surface area (Å²) >= 11 is 0. The van der Waals surface area contributed by atoms with E-state index in [0.717, 1.165) is 17.9 Å². The molecule has 3 N–H and O–H groups in total. The topological polar surface area (TPSA) is 103 Å². The number of nitrogens with one attached hydrogen (secondary N) is 2. The van der Waals surface area contributed by atoms with Crippen molar-refractivity contribution in [3.63, 3.8) is 0 Å². The van der Waals surface area contributed by atoms with E-state index < -0.39 is 0 Å². The molecule has 1 heterocycles. The largest absolute Gasteiger partial charge is 0.497 e. The number of ether oxygens (including phenoxy) is 2. The number of aliphatic hydroxyl groups is 1. The van der Waals surface area contributed by atoms with E-state index in [0.29, 0.717) is 30.1 Å². The summed E-state index contributed by atoms with van der Waals surface area (Å²) in [6.45, 7) is 9.42. The number of amides is 3. The van der Waals surface area contributed by atoms with E-state index in [1.54, 1.807) is 24.1 Å². The standard InChI is InChI=1S/C29H42N4O5/c1-19(2)30-29(36)31-24-9-12-26-23(13-24)14-28(35)33(21(4)18-34)15-20(3)27(38-26)17-32(5)16-22-7-10-25(37-6)11-8-22/h7-13,19-21,27,34H,14-18H2,1-6H3,(H2,30,31,36)/t20-,21+,27-/m1/s1. The summed E-state index contributed by atoms with van der Waals surface area (Å²) in [5, 5.41) is 15.5. The normalized spacial score (nSPS) is 18.7. The van der Waals surface area contributed by atoms with Gasteiger partial charge in [-0.15, -0.1) is 0 Å². The number of methoxy groups -OCH3 is 1. The third-order valence-electron chi connectivity index (χ3n) is 6.70. The van der Waals surface area contributed by atoms with Crippen molar-refractivity contribution < 1.29 is 24.2 Å². The molecule has 0 saturated heterocycles. The Morgan fingerprint density at radius 2 is 1.92 bits per heavy atom. The van der Waals surface area contributed by atoms with Crippen molar-refractivity contribution in [2.75, 3.05) is 39.2 Å². The zero-order chi connectivity index (χ0) is 27.8. The molecular weight excluding hydrogens is 484 g/mol. The number of carbonyl (C=O) groups is 2. The van der Waals surface area contributed by atoms with Gasteiger partial charge in [-0.1, -0.05) is 19.1 Å². The fourth-order valence-electron chi connectivity index (χ4n) is 4.57. The molecule has 9 nitrogen and oxygen atoms in total. The van der Waals surface area contributed by atoms with E-state index in [2.05, 4.69) is 22.5 Å². The molecule has 2 aromatic rings. The Morgan fingerprint density at radius 3 is 2.55 bits per heavy atom. The summed E-state index contributed by atoms with van der Waals surface area (Å²) in [7, 11) is 3.70. The van der Waals surface area contributed by atoms with E-state index >= 15 is 0 Å². The van der Waals surface area contributed by atoms with Crippen molar-refractivity contribution in [2.45, 2.75) is 58.8 Å². The Balaban J connectivity index is 1.85. The van der Waals surface area contributed by atoms with Crippen LogP contribution >= 0.6 is 0 Å². The molecule has 3 atom stereocenters. The molecule has 208 valence electrons. The van der Waals surface area contributed by atoms with Crippen LogP contribution in [-0.2, 0) is 17.8 Å². The molecule has 3 amide bonds. The minimum Gasteiger partial charge on any atom is -0.497 e. The average Bonchev–Trinajstić information content (AvgIpc) is 2.91. The summed E-state index contributed by atoms with van der Waals surface area (Å²) in [4.78, 5) is 29.6. The van der Waals surface area contributed by atoms with E-state index in [1.807, 2.05) is 58.2 Å². The molecule has 0 fully saturated rings. The van der Waals surface area contributed by atoms with E-state index in [9.17, 15) is 14.7 Å². The van der Waals surface area contributed by atoms with Crippen molar-refractivity contribution in [3.05, 3.63) is 53.6 Å². The van der Waals surface area contributed by atoms with Gasteiger partial charge in [-0.05, 0) is 63.7 Å². The number of hydrogen-bond acceptors (Lipinski definition) is 6. The van der Waals surface area contributed by atoms with Crippen LogP contribution in [0.2, 0.25) is 0 Å². The average molecular weight is 527 g/mol. The minimum absolute atomic E-state index is 0.00144. The summed E-state index contributed by atoms with van der Waals surface area (Å²) < 4.78 is 11.8. The first-order valence-corrected chi connectivity index (χ1v) is 13.2. The Morgan fingerprint density at radius 1 is 1.21 bits per heavy atom. The first-order chi connectivity index (χ1) is 18.1. The lowest BCUT2D eigenvalue weighted by Gasteiger charge is -2.34. The molecule has 2 aromatic carbocycles. The zero-order valence-electron chi connectivity index (χ0n) is 23.4. The molecule has 9 heteroatoms. The Kier molecular flexibility index (Phi) is 10.4. The maximum atomic E-state index is 13.4. The van der Waals surface area contributed by atoms with Gasteiger partial charge in [-0.3, -0.25) is 9.69 Å². The van der Waals surface area contributed by atoms with Crippen LogP contribution in [0.25, 0.3) is 0 Å². The molecule has 0 unspecified atom stereocenters. The molecule has 1 aliphatic heterocycles. The number of aliphatic hydroxyl groups excluding tert-OH is 1. The molecule has 0 saturated carbocycles. The molecule has 0 bridgehead atoms. The van der Waals surface area contributed by atoms with Gasteiger partial charge in [-0.2, -0.15) is 0 Å². The van der Waals surface area contributed by atoms with Gasteiger partial charge < -0.3 is 30.1 Å². The first kappa shape index (κ1) is 29.3. The highest BCUT2D eigenvalue weighted by Gasteiger charge is 2.31. The second-order valence-corrected chi connectivity index (χ2v) is 10.5. The predicted molar refractivity (Wildman–Crippen MR) is 149 cm³/mol. The fourth-order valence-corrected chi connectivity index (χ4v) is 4.57.